The molecule has 1 fully saturated rings. The van der Waals surface area contributed by atoms with Crippen molar-refractivity contribution >= 4 is 23.2 Å². The van der Waals surface area contributed by atoms with Gasteiger partial charge < -0.3 is 15.5 Å². The van der Waals surface area contributed by atoms with Crippen molar-refractivity contribution in [2.75, 3.05) is 25.0 Å². The van der Waals surface area contributed by atoms with Crippen LogP contribution in [0, 0.1) is 11.8 Å². The summed E-state index contributed by atoms with van der Waals surface area (Å²) >= 11 is 0. The Morgan fingerprint density at radius 1 is 0.829 bits per heavy atom. The molecule has 1 aliphatic heterocycles. The molecule has 1 aromatic carbocycles. The van der Waals surface area contributed by atoms with Gasteiger partial charge in [-0.3, -0.25) is 14.4 Å². The Bertz CT molecular complexity index is 973. The first kappa shape index (κ1) is 36.2. The summed E-state index contributed by atoms with van der Waals surface area (Å²) in [5.74, 6) is -6.29. The van der Waals surface area contributed by atoms with Crippen LogP contribution in [0.4, 0.5) is 45.2 Å². The maximum atomic E-state index is 12.7. The van der Waals surface area contributed by atoms with E-state index < -0.39 is 41.7 Å². The normalized spacial score (nSPS) is 16.2. The SMILES string of the molecule is CC(C)[C@@H](Nc1ccc(C(F)(F)F)cc1)C(=O)NCCC1CCN(C(C)C)CC1.O=C(C(=O)C(F)(F)F)C(F)(F)F. The standard InChI is InChI=1S/C22H34F3N3O.C4F6O2/c1-15(2)20(27-19-7-5-18(6-8-19)22(23,24)25)21(29)26-12-9-17-10-13-28(14-11-17)16(3)4;5-3(6,7)1(11)2(12)4(8,9)10/h5-8,15-17,20,27H,9-14H2,1-4H3,(H,26,29);/t20-;/m1./s1. The van der Waals surface area contributed by atoms with Gasteiger partial charge >= 0.3 is 30.1 Å². The Hall–Kier alpha value is -2.84. The van der Waals surface area contributed by atoms with Gasteiger partial charge in [-0.05, 0) is 82.3 Å². The molecule has 1 amide bonds. The van der Waals surface area contributed by atoms with Crippen LogP contribution in [0.15, 0.2) is 24.3 Å². The minimum Gasteiger partial charge on any atom is -0.373 e. The third kappa shape index (κ3) is 12.3. The van der Waals surface area contributed by atoms with E-state index in [-0.39, 0.29) is 11.8 Å². The molecule has 234 valence electrons. The van der Waals surface area contributed by atoms with Gasteiger partial charge in [-0.15, -0.1) is 0 Å². The number of carbonyl (C=O) groups excluding carboxylic acids is 3. The zero-order chi connectivity index (χ0) is 31.8. The molecular weight excluding hydrogens is 573 g/mol. The predicted molar refractivity (Wildman–Crippen MR) is 133 cm³/mol. The van der Waals surface area contributed by atoms with Crippen LogP contribution in [-0.4, -0.2) is 66.4 Å². The molecule has 0 unspecified atom stereocenters. The van der Waals surface area contributed by atoms with Crippen molar-refractivity contribution in [2.24, 2.45) is 11.8 Å². The number of hydrogen-bond donors (Lipinski definition) is 2. The number of hydrogen-bond acceptors (Lipinski definition) is 5. The molecule has 0 saturated carbocycles. The number of nitrogens with zero attached hydrogens (tertiary/aromatic N) is 1. The Morgan fingerprint density at radius 3 is 1.66 bits per heavy atom. The number of anilines is 1. The summed E-state index contributed by atoms with van der Waals surface area (Å²) in [5.41, 5.74) is -0.190. The second kappa shape index (κ2) is 14.9. The van der Waals surface area contributed by atoms with E-state index in [1.54, 1.807) is 0 Å². The lowest BCUT2D eigenvalue weighted by Crippen LogP contribution is -2.44. The van der Waals surface area contributed by atoms with E-state index in [1.165, 1.54) is 12.1 Å². The quantitative estimate of drug-likeness (QED) is 0.265. The first-order valence-corrected chi connectivity index (χ1v) is 12.8. The number of benzene rings is 1. The molecule has 0 aliphatic carbocycles. The summed E-state index contributed by atoms with van der Waals surface area (Å²) in [7, 11) is 0. The number of amides is 1. The molecule has 0 radical (unpaired) electrons. The van der Waals surface area contributed by atoms with E-state index in [2.05, 4.69) is 29.4 Å². The average Bonchev–Trinajstić information content (AvgIpc) is 2.85. The third-order valence-corrected chi connectivity index (χ3v) is 6.44. The first-order valence-electron chi connectivity index (χ1n) is 12.8. The zero-order valence-electron chi connectivity index (χ0n) is 22.9. The highest BCUT2D eigenvalue weighted by Gasteiger charge is 2.54. The number of Topliss-reactive ketones (excluding diaryl/α,β-unsaturated/α-hetero) is 2. The van der Waals surface area contributed by atoms with E-state index in [9.17, 15) is 53.9 Å². The van der Waals surface area contributed by atoms with Gasteiger partial charge in [-0.2, -0.15) is 39.5 Å². The van der Waals surface area contributed by atoms with Gasteiger partial charge in [0.15, 0.2) is 0 Å². The smallest absolute Gasteiger partial charge is 0.373 e. The maximum absolute atomic E-state index is 12.7. The number of likely N-dealkylation sites (tertiary alicyclic amines) is 1. The maximum Gasteiger partial charge on any atom is 0.458 e. The second-order valence-corrected chi connectivity index (χ2v) is 10.2. The van der Waals surface area contributed by atoms with E-state index >= 15 is 0 Å². The highest BCUT2D eigenvalue weighted by molar-refractivity contribution is 6.41. The lowest BCUT2D eigenvalue weighted by molar-refractivity contribution is -0.193. The molecule has 6 nitrogen and oxygen atoms in total. The van der Waals surface area contributed by atoms with Crippen molar-refractivity contribution in [2.45, 2.75) is 77.6 Å². The molecule has 0 bridgehead atoms. The molecule has 1 saturated heterocycles. The summed E-state index contributed by atoms with van der Waals surface area (Å²) in [4.78, 5) is 34.4. The van der Waals surface area contributed by atoms with E-state index in [4.69, 9.17) is 0 Å². The van der Waals surface area contributed by atoms with Crippen molar-refractivity contribution in [3.8, 4) is 0 Å². The van der Waals surface area contributed by atoms with Crippen LogP contribution < -0.4 is 10.6 Å². The van der Waals surface area contributed by atoms with E-state index in [1.807, 2.05) is 13.8 Å². The lowest BCUT2D eigenvalue weighted by atomic mass is 9.93. The van der Waals surface area contributed by atoms with Gasteiger partial charge in [-0.25, -0.2) is 0 Å². The summed E-state index contributed by atoms with van der Waals surface area (Å²) in [5, 5.41) is 6.08. The number of rotatable bonds is 9. The molecular formula is C26H34F9N3O3. The summed E-state index contributed by atoms with van der Waals surface area (Å²) in [6.07, 6.45) is -12.6. The topological polar surface area (TPSA) is 78.5 Å². The molecule has 2 rings (SSSR count). The Balaban J connectivity index is 0.000000590. The van der Waals surface area contributed by atoms with Gasteiger partial charge in [0.2, 0.25) is 5.91 Å². The average molecular weight is 608 g/mol. The molecule has 2 N–H and O–H groups in total. The van der Waals surface area contributed by atoms with E-state index in [0.717, 1.165) is 44.5 Å². The number of alkyl halides is 9. The summed E-state index contributed by atoms with van der Waals surface area (Å²) in [6, 6.07) is 4.89. The van der Waals surface area contributed by atoms with Gasteiger partial charge in [0.25, 0.3) is 0 Å². The summed E-state index contributed by atoms with van der Waals surface area (Å²) < 4.78 is 105. The molecule has 1 aromatic rings. The zero-order valence-corrected chi connectivity index (χ0v) is 22.9. The van der Waals surface area contributed by atoms with Crippen LogP contribution in [0.1, 0.15) is 52.5 Å². The fourth-order valence-electron chi connectivity index (χ4n) is 3.99. The highest BCUT2D eigenvalue weighted by atomic mass is 19.4. The predicted octanol–water partition coefficient (Wildman–Crippen LogP) is 6.02. The Kier molecular flexibility index (Phi) is 13.1. The molecule has 0 aromatic heterocycles. The number of nitrogens with one attached hydrogen (secondary N) is 2. The fraction of sp³-hybridized carbons (Fsp3) is 0.654. The van der Waals surface area contributed by atoms with Crippen molar-refractivity contribution in [1.29, 1.82) is 0 Å². The van der Waals surface area contributed by atoms with Crippen LogP contribution in [0.25, 0.3) is 0 Å². The molecule has 41 heavy (non-hydrogen) atoms. The van der Waals surface area contributed by atoms with Crippen LogP contribution in [0.5, 0.6) is 0 Å². The van der Waals surface area contributed by atoms with Crippen molar-refractivity contribution < 1.29 is 53.9 Å². The number of ketones is 2. The lowest BCUT2D eigenvalue weighted by Gasteiger charge is -2.34. The van der Waals surface area contributed by atoms with Gasteiger partial charge in [0.1, 0.15) is 6.04 Å². The summed E-state index contributed by atoms with van der Waals surface area (Å²) in [6.45, 7) is 11.1. The van der Waals surface area contributed by atoms with Crippen LogP contribution in [0.2, 0.25) is 0 Å². The van der Waals surface area contributed by atoms with Gasteiger partial charge in [0.05, 0.1) is 5.56 Å². The van der Waals surface area contributed by atoms with Crippen LogP contribution in [-0.2, 0) is 20.6 Å². The van der Waals surface area contributed by atoms with Crippen molar-refractivity contribution in [3.05, 3.63) is 29.8 Å². The van der Waals surface area contributed by atoms with Crippen molar-refractivity contribution in [3.63, 3.8) is 0 Å². The molecule has 1 aliphatic rings. The Labute approximate surface area is 232 Å². The van der Waals surface area contributed by atoms with Gasteiger partial charge in [0, 0.05) is 18.3 Å². The van der Waals surface area contributed by atoms with E-state index in [0.29, 0.717) is 24.2 Å². The number of piperidine rings is 1. The second-order valence-electron chi connectivity index (χ2n) is 10.2. The molecule has 15 heteroatoms. The highest BCUT2D eigenvalue weighted by Crippen LogP contribution is 2.30. The molecule has 1 heterocycles. The monoisotopic (exact) mass is 607 g/mol. The number of halogens is 9. The molecule has 0 spiro atoms. The fourth-order valence-corrected chi connectivity index (χ4v) is 3.99. The molecule has 1 atom stereocenters. The van der Waals surface area contributed by atoms with Crippen LogP contribution >= 0.6 is 0 Å². The van der Waals surface area contributed by atoms with Crippen molar-refractivity contribution in [1.82, 2.24) is 10.2 Å². The Morgan fingerprint density at radius 2 is 1.29 bits per heavy atom. The third-order valence-electron chi connectivity index (χ3n) is 6.44. The van der Waals surface area contributed by atoms with Crippen LogP contribution in [0.3, 0.4) is 0 Å². The largest absolute Gasteiger partial charge is 0.458 e. The first-order chi connectivity index (χ1) is 18.6. The minimum absolute atomic E-state index is 0.00609. The minimum atomic E-state index is -5.77. The van der Waals surface area contributed by atoms with Gasteiger partial charge in [-0.1, -0.05) is 13.8 Å². The number of carbonyl (C=O) groups is 3.